The maximum Gasteiger partial charge on any atom is 0.255 e. The van der Waals surface area contributed by atoms with Crippen LogP contribution in [-0.2, 0) is 34.0 Å². The molecule has 2 saturated heterocycles. The van der Waals surface area contributed by atoms with Gasteiger partial charge in [0.1, 0.15) is 11.8 Å². The molecule has 0 radical (unpaired) electrons. The highest BCUT2D eigenvalue weighted by atomic mass is 19.1. The van der Waals surface area contributed by atoms with Crippen molar-refractivity contribution < 1.29 is 24.9 Å². The van der Waals surface area contributed by atoms with Crippen molar-refractivity contribution in [2.75, 3.05) is 18.4 Å². The molecule has 3 heterocycles. The number of piperidine rings is 1. The standard InChI is InChI=1S/C27H31FN4O4/c1-16-12-31(13-17(2)36-16)14-19-6-3-5-18(25(19)28)11-29-22-8-4-7-20-21(22)15-32(27(20)35)23-9-10-24(33)30-26(23)34/h3-8,16-17,23,29H,9-15H2,1-2H3,(H,30,33,34)/t16?,17?,23-/m0/s1/i23D. The smallest absolute Gasteiger partial charge is 0.255 e. The van der Waals surface area contributed by atoms with Crippen LogP contribution in [0.15, 0.2) is 36.4 Å². The van der Waals surface area contributed by atoms with Gasteiger partial charge in [0.2, 0.25) is 11.8 Å². The van der Waals surface area contributed by atoms with E-state index in [0.717, 1.165) is 13.1 Å². The summed E-state index contributed by atoms with van der Waals surface area (Å²) in [5.74, 6) is -1.93. The summed E-state index contributed by atoms with van der Waals surface area (Å²) in [5, 5.41) is 5.43. The molecule has 0 bridgehead atoms. The van der Waals surface area contributed by atoms with Crippen molar-refractivity contribution in [1.82, 2.24) is 15.1 Å². The molecule has 3 amide bonds. The molecule has 3 aliphatic rings. The average molecular weight is 496 g/mol. The molecular formula is C27H31FN4O4. The van der Waals surface area contributed by atoms with Crippen LogP contribution in [0.4, 0.5) is 10.1 Å². The zero-order valence-corrected chi connectivity index (χ0v) is 20.5. The molecule has 190 valence electrons. The van der Waals surface area contributed by atoms with Crippen LogP contribution in [0.25, 0.3) is 0 Å². The number of nitrogens with zero attached hydrogens (tertiary/aromatic N) is 2. The van der Waals surface area contributed by atoms with Crippen molar-refractivity contribution in [3.63, 3.8) is 0 Å². The number of anilines is 1. The predicted octanol–water partition coefficient (Wildman–Crippen LogP) is 2.81. The van der Waals surface area contributed by atoms with Crippen molar-refractivity contribution >= 4 is 23.4 Å². The number of imide groups is 1. The minimum atomic E-state index is -1.85. The van der Waals surface area contributed by atoms with E-state index < -0.39 is 23.7 Å². The lowest BCUT2D eigenvalue weighted by Gasteiger charge is -2.35. The lowest BCUT2D eigenvalue weighted by Crippen LogP contribution is -2.52. The van der Waals surface area contributed by atoms with Gasteiger partial charge in [0.25, 0.3) is 5.91 Å². The number of rotatable bonds is 6. The van der Waals surface area contributed by atoms with Gasteiger partial charge in [-0.15, -0.1) is 0 Å². The summed E-state index contributed by atoms with van der Waals surface area (Å²) in [6.45, 7) is 6.30. The van der Waals surface area contributed by atoms with Gasteiger partial charge >= 0.3 is 0 Å². The lowest BCUT2D eigenvalue weighted by atomic mass is 10.0. The second-order valence-corrected chi connectivity index (χ2v) is 9.74. The largest absolute Gasteiger partial charge is 0.381 e. The van der Waals surface area contributed by atoms with Gasteiger partial charge in [0, 0.05) is 67.1 Å². The SMILES string of the molecule is [2H][C@]1(N2Cc3c(NCc4cccc(CN5CC(C)OC(C)C5)c4F)cccc3C2=O)CCC(=O)NC1=O. The van der Waals surface area contributed by atoms with Gasteiger partial charge in [0.15, 0.2) is 0 Å². The molecule has 2 aromatic rings. The zero-order valence-electron chi connectivity index (χ0n) is 21.5. The third-order valence-corrected chi connectivity index (χ3v) is 6.91. The number of amides is 3. The van der Waals surface area contributed by atoms with Gasteiger partial charge in [-0.25, -0.2) is 4.39 Å². The summed E-state index contributed by atoms with van der Waals surface area (Å²) in [6, 6.07) is 8.70. The molecule has 0 spiro atoms. The molecule has 0 saturated carbocycles. The van der Waals surface area contributed by atoms with Crippen LogP contribution >= 0.6 is 0 Å². The van der Waals surface area contributed by atoms with E-state index >= 15 is 4.39 Å². The first kappa shape index (κ1) is 23.1. The van der Waals surface area contributed by atoms with Gasteiger partial charge in [-0.1, -0.05) is 24.3 Å². The topological polar surface area (TPSA) is 91.0 Å². The van der Waals surface area contributed by atoms with Gasteiger partial charge in [-0.3, -0.25) is 24.6 Å². The second-order valence-electron chi connectivity index (χ2n) is 9.74. The Labute approximate surface area is 211 Å². The molecule has 0 aliphatic carbocycles. The number of hydrogen-bond donors (Lipinski definition) is 2. The molecule has 3 atom stereocenters. The molecule has 5 rings (SSSR count). The van der Waals surface area contributed by atoms with Crippen LogP contribution in [-0.4, -0.2) is 58.8 Å². The Balaban J connectivity index is 1.31. The van der Waals surface area contributed by atoms with Crippen molar-refractivity contribution in [3.05, 3.63) is 64.5 Å². The molecule has 2 aromatic carbocycles. The van der Waals surface area contributed by atoms with Crippen molar-refractivity contribution in [2.45, 2.75) is 64.5 Å². The highest BCUT2D eigenvalue weighted by Gasteiger charge is 2.39. The van der Waals surface area contributed by atoms with Crippen LogP contribution in [0, 0.1) is 5.82 Å². The molecular weight excluding hydrogens is 463 g/mol. The number of nitrogens with one attached hydrogen (secondary N) is 2. The van der Waals surface area contributed by atoms with Crippen LogP contribution in [0.2, 0.25) is 0 Å². The molecule has 8 nitrogen and oxygen atoms in total. The number of morpholine rings is 1. The highest BCUT2D eigenvalue weighted by molar-refractivity contribution is 6.06. The average Bonchev–Trinajstić information content (AvgIpc) is 3.19. The molecule has 9 heteroatoms. The normalized spacial score (nSPS) is 27.0. The fraction of sp³-hybridized carbons (Fsp3) is 0.444. The quantitative estimate of drug-likeness (QED) is 0.599. The highest BCUT2D eigenvalue weighted by Crippen LogP contribution is 2.32. The lowest BCUT2D eigenvalue weighted by molar-refractivity contribution is -0.136. The number of carbonyl (C=O) groups is 3. The fourth-order valence-corrected chi connectivity index (χ4v) is 5.32. The van der Waals surface area contributed by atoms with Gasteiger partial charge in [-0.2, -0.15) is 0 Å². The van der Waals surface area contributed by atoms with Crippen LogP contribution in [0.3, 0.4) is 0 Å². The Kier molecular flexibility index (Phi) is 6.41. The third kappa shape index (κ3) is 4.85. The van der Waals surface area contributed by atoms with E-state index in [9.17, 15) is 14.4 Å². The first-order valence-corrected chi connectivity index (χ1v) is 12.3. The Morgan fingerprint density at radius 2 is 1.83 bits per heavy atom. The van der Waals surface area contributed by atoms with Gasteiger partial charge in [-0.05, 0) is 32.4 Å². The number of fused-ring (bicyclic) bond motifs is 1. The summed E-state index contributed by atoms with van der Waals surface area (Å²) in [6.07, 6.45) is 0.140. The maximum atomic E-state index is 15.4. The summed E-state index contributed by atoms with van der Waals surface area (Å²) < 4.78 is 29.9. The van der Waals surface area contributed by atoms with Crippen LogP contribution < -0.4 is 10.6 Å². The van der Waals surface area contributed by atoms with Crippen molar-refractivity contribution in [2.24, 2.45) is 0 Å². The van der Waals surface area contributed by atoms with Crippen molar-refractivity contribution in [1.29, 1.82) is 0 Å². The van der Waals surface area contributed by atoms with E-state index in [0.29, 0.717) is 34.5 Å². The number of carbonyl (C=O) groups excluding carboxylic acids is 3. The fourth-order valence-electron chi connectivity index (χ4n) is 5.32. The zero-order chi connectivity index (χ0) is 26.3. The van der Waals surface area contributed by atoms with Gasteiger partial charge in [0.05, 0.1) is 13.6 Å². The molecule has 2 N–H and O–H groups in total. The summed E-state index contributed by atoms with van der Waals surface area (Å²) in [5.41, 5.74) is 2.81. The van der Waals surface area contributed by atoms with E-state index in [1.165, 1.54) is 4.90 Å². The Morgan fingerprint density at radius 3 is 2.58 bits per heavy atom. The van der Waals surface area contributed by atoms with Crippen molar-refractivity contribution in [3.8, 4) is 0 Å². The number of halogens is 1. The third-order valence-electron chi connectivity index (χ3n) is 6.91. The molecule has 2 fully saturated rings. The van der Waals surface area contributed by atoms with E-state index in [4.69, 9.17) is 6.11 Å². The molecule has 36 heavy (non-hydrogen) atoms. The molecule has 2 unspecified atom stereocenters. The van der Waals surface area contributed by atoms with Crippen LogP contribution in [0.5, 0.6) is 0 Å². The monoisotopic (exact) mass is 495 g/mol. The Morgan fingerprint density at radius 1 is 1.11 bits per heavy atom. The minimum absolute atomic E-state index is 0.00162. The number of benzene rings is 2. The first-order chi connectivity index (χ1) is 17.7. The number of hydrogen-bond acceptors (Lipinski definition) is 6. The van der Waals surface area contributed by atoms with E-state index in [1.807, 2.05) is 19.9 Å². The molecule has 0 aromatic heterocycles. The summed E-state index contributed by atoms with van der Waals surface area (Å²) >= 11 is 0. The summed E-state index contributed by atoms with van der Waals surface area (Å²) in [7, 11) is 0. The number of ether oxygens (including phenoxy) is 1. The summed E-state index contributed by atoms with van der Waals surface area (Å²) in [4.78, 5) is 40.6. The Hall–Kier alpha value is -3.30. The Bertz CT molecular complexity index is 1250. The second kappa shape index (κ2) is 9.99. The molecule has 3 aliphatic heterocycles. The maximum absolute atomic E-state index is 15.4. The van der Waals surface area contributed by atoms with E-state index in [1.54, 1.807) is 30.3 Å². The van der Waals surface area contributed by atoms with E-state index in [-0.39, 0.29) is 44.0 Å². The van der Waals surface area contributed by atoms with Crippen LogP contribution in [0.1, 0.15) is 55.1 Å². The first-order valence-electron chi connectivity index (χ1n) is 12.8. The van der Waals surface area contributed by atoms with Gasteiger partial charge < -0.3 is 15.0 Å². The predicted molar refractivity (Wildman–Crippen MR) is 131 cm³/mol. The van der Waals surface area contributed by atoms with E-state index in [2.05, 4.69) is 15.5 Å². The minimum Gasteiger partial charge on any atom is -0.381 e.